The normalized spacial score (nSPS) is 11.6. The second-order valence-electron chi connectivity index (χ2n) is 18.1. The van der Waals surface area contributed by atoms with Gasteiger partial charge in [-0.2, -0.15) is 21.6 Å². The van der Waals surface area contributed by atoms with Crippen molar-refractivity contribution in [3.8, 4) is 117 Å². The minimum absolute atomic E-state index is 0.445. The van der Waals surface area contributed by atoms with Crippen molar-refractivity contribution in [2.75, 3.05) is 0 Å². The molecule has 0 saturated carbocycles. The van der Waals surface area contributed by atoms with Gasteiger partial charge in [0.15, 0.2) is 0 Å². The van der Waals surface area contributed by atoms with Crippen molar-refractivity contribution >= 4 is 10.1 Å². The summed E-state index contributed by atoms with van der Waals surface area (Å²) in [6.45, 7) is 0. The minimum atomic E-state index is -6.08. The second-order valence-corrected chi connectivity index (χ2v) is 19.7. The van der Waals surface area contributed by atoms with Gasteiger partial charge in [-0.25, -0.2) is 0 Å². The lowest BCUT2D eigenvalue weighted by Crippen LogP contribution is -2.28. The zero-order chi connectivity index (χ0) is 50.7. The fraction of sp³-hybridized carbons (Fsp3) is 0.0149. The smallest absolute Gasteiger partial charge is 0.376 e. The Kier molecular flexibility index (Phi) is 12.9. The first-order valence-electron chi connectivity index (χ1n) is 24.1. The molecule has 0 fully saturated rings. The average molecular weight is 987 g/mol. The molecule has 11 rings (SSSR count). The standard InChI is InChI=1S/C67H45F3O3S/c68-67(69,70)74(71,72)73-66-44-64(62-39-58(54-29-13-25-50(33-54)46-17-5-1-6-18-46)37-59(40-62)55-30-14-26-51(34-55)47-19-7-2-8-20-47)43-65(45-66)63-41-60(56-31-15-27-52(35-56)48-21-9-3-10-22-48)38-61(42-63)57-32-16-28-53(36-57)49-23-11-4-12-24-49/h1-45H. The zero-order valence-electron chi connectivity index (χ0n) is 39.7. The molecule has 0 heterocycles. The summed E-state index contributed by atoms with van der Waals surface area (Å²) in [5, 5.41) is 0. The van der Waals surface area contributed by atoms with Crippen LogP contribution >= 0.6 is 0 Å². The van der Waals surface area contributed by atoms with Gasteiger partial charge in [0.05, 0.1) is 0 Å². The maximum absolute atomic E-state index is 14.2. The van der Waals surface area contributed by atoms with E-state index in [1.807, 2.05) is 152 Å². The molecule has 0 saturated heterocycles. The number of benzene rings is 11. The van der Waals surface area contributed by atoms with Gasteiger partial charge in [0, 0.05) is 0 Å². The lowest BCUT2D eigenvalue weighted by Gasteiger charge is -2.17. The Morgan fingerprint density at radius 3 is 0.635 bits per heavy atom. The molecule has 0 aromatic heterocycles. The summed E-state index contributed by atoms with van der Waals surface area (Å²) in [6.07, 6.45) is 0. The van der Waals surface area contributed by atoms with Gasteiger partial charge in [0.25, 0.3) is 0 Å². The fourth-order valence-electron chi connectivity index (χ4n) is 9.45. The van der Waals surface area contributed by atoms with Gasteiger partial charge in [0.2, 0.25) is 0 Å². The van der Waals surface area contributed by atoms with Crippen LogP contribution < -0.4 is 4.18 Å². The average Bonchev–Trinajstić information content (AvgIpc) is 3.45. The van der Waals surface area contributed by atoms with E-state index in [1.165, 1.54) is 12.1 Å². The molecule has 0 unspecified atom stereocenters. The van der Waals surface area contributed by atoms with Gasteiger partial charge in [-0.05, 0) is 190 Å². The van der Waals surface area contributed by atoms with E-state index in [4.69, 9.17) is 4.18 Å². The van der Waals surface area contributed by atoms with Crippen molar-refractivity contribution in [2.24, 2.45) is 0 Å². The number of alkyl halides is 3. The van der Waals surface area contributed by atoms with Gasteiger partial charge in [-0.3, -0.25) is 0 Å². The molecule has 0 radical (unpaired) electrons. The largest absolute Gasteiger partial charge is 0.534 e. The van der Waals surface area contributed by atoms with Crippen LogP contribution in [0.3, 0.4) is 0 Å². The fourth-order valence-corrected chi connectivity index (χ4v) is 9.89. The molecule has 0 bridgehead atoms. The summed E-state index contributed by atoms with van der Waals surface area (Å²) >= 11 is 0. The molecular formula is C67H45F3O3S. The molecule has 0 amide bonds. The van der Waals surface area contributed by atoms with Crippen molar-refractivity contribution in [2.45, 2.75) is 5.51 Å². The Morgan fingerprint density at radius 2 is 0.405 bits per heavy atom. The van der Waals surface area contributed by atoms with Gasteiger partial charge in [-0.1, -0.05) is 194 Å². The third-order valence-electron chi connectivity index (χ3n) is 13.1. The molecular weight excluding hydrogens is 942 g/mol. The Labute approximate surface area is 429 Å². The van der Waals surface area contributed by atoms with E-state index >= 15 is 0 Å². The van der Waals surface area contributed by atoms with Crippen LogP contribution in [-0.4, -0.2) is 13.9 Å². The van der Waals surface area contributed by atoms with Gasteiger partial charge in [0.1, 0.15) is 5.75 Å². The number of halogens is 3. The minimum Gasteiger partial charge on any atom is -0.376 e. The highest BCUT2D eigenvalue weighted by molar-refractivity contribution is 7.88. The molecule has 74 heavy (non-hydrogen) atoms. The zero-order valence-corrected chi connectivity index (χ0v) is 40.6. The van der Waals surface area contributed by atoms with E-state index in [9.17, 15) is 21.6 Å². The van der Waals surface area contributed by atoms with Gasteiger partial charge >= 0.3 is 15.6 Å². The van der Waals surface area contributed by atoms with Crippen LogP contribution in [0.4, 0.5) is 13.2 Å². The van der Waals surface area contributed by atoms with Gasteiger partial charge < -0.3 is 4.18 Å². The summed E-state index contributed by atoms with van der Waals surface area (Å²) in [5.41, 5.74) is 11.7. The predicted octanol–water partition coefficient (Wildman–Crippen LogP) is 18.6. The molecule has 0 aliphatic heterocycles. The first-order valence-corrected chi connectivity index (χ1v) is 25.5. The van der Waals surface area contributed by atoms with E-state index in [-0.39, 0.29) is 0 Å². The monoisotopic (exact) mass is 986 g/mol. The maximum Gasteiger partial charge on any atom is 0.534 e. The Bertz CT molecular complexity index is 3480. The Balaban J connectivity index is 1.13. The van der Waals surface area contributed by atoms with E-state index < -0.39 is 21.4 Å². The van der Waals surface area contributed by atoms with Gasteiger partial charge in [-0.15, -0.1) is 0 Å². The first-order chi connectivity index (χ1) is 36.0. The topological polar surface area (TPSA) is 43.4 Å². The Hall–Kier alpha value is -9.04. The highest BCUT2D eigenvalue weighted by Gasteiger charge is 2.48. The SMILES string of the molecule is O=S(=O)(Oc1cc(-c2cc(-c3cccc(-c4ccccc4)c3)cc(-c3cccc(-c4ccccc4)c3)c2)cc(-c2cc(-c3cccc(-c4ccccc4)c3)cc(-c3cccc(-c4ccccc4)c3)c2)c1)C(F)(F)F. The summed E-state index contributed by atoms with van der Waals surface area (Å²) in [6, 6.07) is 89.9. The van der Waals surface area contributed by atoms with Crippen molar-refractivity contribution in [3.05, 3.63) is 273 Å². The molecule has 0 spiro atoms. The van der Waals surface area contributed by atoms with Crippen molar-refractivity contribution in [1.29, 1.82) is 0 Å². The third kappa shape index (κ3) is 10.3. The molecule has 0 aliphatic carbocycles. The summed E-state index contributed by atoms with van der Waals surface area (Å²) in [7, 11) is -6.08. The van der Waals surface area contributed by atoms with Crippen molar-refractivity contribution in [1.82, 2.24) is 0 Å². The lowest BCUT2D eigenvalue weighted by molar-refractivity contribution is -0.0500. The van der Waals surface area contributed by atoms with Crippen LogP contribution in [0.5, 0.6) is 5.75 Å². The van der Waals surface area contributed by atoms with E-state index in [0.29, 0.717) is 22.3 Å². The molecule has 11 aromatic carbocycles. The molecule has 358 valence electrons. The van der Waals surface area contributed by atoms with Crippen LogP contribution in [0.25, 0.3) is 111 Å². The first kappa shape index (κ1) is 47.3. The number of hydrogen-bond acceptors (Lipinski definition) is 3. The van der Waals surface area contributed by atoms with Crippen LogP contribution in [0.1, 0.15) is 0 Å². The van der Waals surface area contributed by atoms with Crippen LogP contribution in [-0.2, 0) is 10.1 Å². The molecule has 0 aliphatic rings. The van der Waals surface area contributed by atoms with Crippen LogP contribution in [0, 0.1) is 0 Å². The summed E-state index contributed by atoms with van der Waals surface area (Å²) in [5.74, 6) is -0.483. The number of rotatable bonds is 12. The van der Waals surface area contributed by atoms with Crippen molar-refractivity contribution in [3.63, 3.8) is 0 Å². The highest BCUT2D eigenvalue weighted by Crippen LogP contribution is 2.42. The Morgan fingerprint density at radius 1 is 0.230 bits per heavy atom. The molecule has 3 nitrogen and oxygen atoms in total. The molecule has 0 N–H and O–H groups in total. The quantitative estimate of drug-likeness (QED) is 0.0905. The maximum atomic E-state index is 14.2. The predicted molar refractivity (Wildman–Crippen MR) is 296 cm³/mol. The molecule has 0 atom stereocenters. The van der Waals surface area contributed by atoms with E-state index in [1.54, 1.807) is 0 Å². The highest BCUT2D eigenvalue weighted by atomic mass is 32.2. The summed E-state index contributed by atoms with van der Waals surface area (Å²) < 4.78 is 73.6. The number of hydrogen-bond donors (Lipinski definition) is 0. The molecule has 11 aromatic rings. The van der Waals surface area contributed by atoms with E-state index in [0.717, 1.165) is 89.0 Å². The summed E-state index contributed by atoms with van der Waals surface area (Å²) in [4.78, 5) is 0. The molecule has 7 heteroatoms. The van der Waals surface area contributed by atoms with Crippen LogP contribution in [0.2, 0.25) is 0 Å². The van der Waals surface area contributed by atoms with Crippen LogP contribution in [0.15, 0.2) is 273 Å². The lowest BCUT2D eigenvalue weighted by atomic mass is 9.89. The third-order valence-corrected chi connectivity index (χ3v) is 14.1. The van der Waals surface area contributed by atoms with Crippen molar-refractivity contribution < 1.29 is 25.8 Å². The van der Waals surface area contributed by atoms with E-state index in [2.05, 4.69) is 109 Å². The second kappa shape index (κ2) is 20.2.